The molecule has 0 spiro atoms. The average molecular weight is 278 g/mol. The molecule has 0 aliphatic carbocycles. The third kappa shape index (κ3) is 4.05. The summed E-state index contributed by atoms with van der Waals surface area (Å²) < 4.78 is 13.8. The summed E-state index contributed by atoms with van der Waals surface area (Å²) in [6, 6.07) is 15.0. The Kier molecular flexibility index (Phi) is 4.94. The SMILES string of the molecule is NCC(Cc1ccccc1)Cc1ccc(Cl)cc1F. The van der Waals surface area contributed by atoms with Crippen LogP contribution in [-0.2, 0) is 12.8 Å². The van der Waals surface area contributed by atoms with E-state index in [0.717, 1.165) is 6.42 Å². The van der Waals surface area contributed by atoms with Crippen LogP contribution >= 0.6 is 11.6 Å². The first-order valence-corrected chi connectivity index (χ1v) is 6.74. The van der Waals surface area contributed by atoms with Gasteiger partial charge in [0.1, 0.15) is 5.82 Å². The van der Waals surface area contributed by atoms with Gasteiger partial charge in [0.2, 0.25) is 0 Å². The summed E-state index contributed by atoms with van der Waals surface area (Å²) in [4.78, 5) is 0. The van der Waals surface area contributed by atoms with Gasteiger partial charge >= 0.3 is 0 Å². The lowest BCUT2D eigenvalue weighted by Crippen LogP contribution is -2.19. The smallest absolute Gasteiger partial charge is 0.127 e. The number of hydrogen-bond acceptors (Lipinski definition) is 1. The topological polar surface area (TPSA) is 26.0 Å². The van der Waals surface area contributed by atoms with Crippen molar-refractivity contribution in [3.63, 3.8) is 0 Å². The minimum atomic E-state index is -0.251. The summed E-state index contributed by atoms with van der Waals surface area (Å²) >= 11 is 5.75. The molecule has 19 heavy (non-hydrogen) atoms. The lowest BCUT2D eigenvalue weighted by Gasteiger charge is -2.15. The number of hydrogen-bond donors (Lipinski definition) is 1. The molecule has 2 aromatic rings. The minimum Gasteiger partial charge on any atom is -0.330 e. The third-order valence-electron chi connectivity index (χ3n) is 3.22. The van der Waals surface area contributed by atoms with Crippen LogP contribution in [-0.4, -0.2) is 6.54 Å². The summed E-state index contributed by atoms with van der Waals surface area (Å²) in [6.07, 6.45) is 1.49. The predicted octanol–water partition coefficient (Wildman–Crippen LogP) is 3.84. The second kappa shape index (κ2) is 6.69. The molecule has 0 aliphatic heterocycles. The van der Waals surface area contributed by atoms with Crippen molar-refractivity contribution < 1.29 is 4.39 Å². The first-order valence-electron chi connectivity index (χ1n) is 6.37. The maximum atomic E-state index is 13.8. The molecule has 0 radical (unpaired) electrons. The lowest BCUT2D eigenvalue weighted by atomic mass is 9.92. The van der Waals surface area contributed by atoms with E-state index in [-0.39, 0.29) is 11.7 Å². The van der Waals surface area contributed by atoms with Crippen LogP contribution in [0.1, 0.15) is 11.1 Å². The van der Waals surface area contributed by atoms with E-state index in [9.17, 15) is 4.39 Å². The van der Waals surface area contributed by atoms with Crippen LogP contribution < -0.4 is 5.73 Å². The summed E-state index contributed by atoms with van der Waals surface area (Å²) in [5.41, 5.74) is 7.71. The lowest BCUT2D eigenvalue weighted by molar-refractivity contribution is 0.512. The Labute approximate surface area is 118 Å². The van der Waals surface area contributed by atoms with Crippen molar-refractivity contribution in [1.82, 2.24) is 0 Å². The van der Waals surface area contributed by atoms with Crippen molar-refractivity contribution >= 4 is 11.6 Å². The zero-order chi connectivity index (χ0) is 13.7. The summed E-state index contributed by atoms with van der Waals surface area (Å²) in [7, 11) is 0. The Morgan fingerprint density at radius 1 is 1.05 bits per heavy atom. The Hall–Kier alpha value is -1.38. The highest BCUT2D eigenvalue weighted by atomic mass is 35.5. The van der Waals surface area contributed by atoms with Gasteiger partial charge in [-0.25, -0.2) is 4.39 Å². The van der Waals surface area contributed by atoms with Gasteiger partial charge in [-0.2, -0.15) is 0 Å². The Bertz CT molecular complexity index is 528. The Balaban J connectivity index is 2.06. The van der Waals surface area contributed by atoms with Crippen molar-refractivity contribution in [2.45, 2.75) is 12.8 Å². The van der Waals surface area contributed by atoms with E-state index in [1.165, 1.54) is 11.6 Å². The molecule has 2 rings (SSSR count). The van der Waals surface area contributed by atoms with E-state index in [2.05, 4.69) is 12.1 Å². The highest BCUT2D eigenvalue weighted by molar-refractivity contribution is 6.30. The fourth-order valence-corrected chi connectivity index (χ4v) is 2.34. The van der Waals surface area contributed by atoms with E-state index in [1.807, 2.05) is 18.2 Å². The molecule has 2 N–H and O–H groups in total. The van der Waals surface area contributed by atoms with Crippen LogP contribution in [0.4, 0.5) is 4.39 Å². The normalized spacial score (nSPS) is 12.4. The molecule has 0 saturated carbocycles. The molecular formula is C16H17ClFN. The molecular weight excluding hydrogens is 261 g/mol. The molecule has 0 fully saturated rings. The number of nitrogens with two attached hydrogens (primary N) is 1. The molecule has 0 amide bonds. The number of rotatable bonds is 5. The van der Waals surface area contributed by atoms with E-state index in [4.69, 9.17) is 17.3 Å². The van der Waals surface area contributed by atoms with Crippen molar-refractivity contribution in [2.24, 2.45) is 11.7 Å². The molecule has 0 aromatic heterocycles. The maximum absolute atomic E-state index is 13.8. The zero-order valence-electron chi connectivity index (χ0n) is 10.7. The van der Waals surface area contributed by atoms with E-state index < -0.39 is 0 Å². The largest absolute Gasteiger partial charge is 0.330 e. The Morgan fingerprint density at radius 2 is 1.79 bits per heavy atom. The van der Waals surface area contributed by atoms with Gasteiger partial charge in [-0.15, -0.1) is 0 Å². The highest BCUT2D eigenvalue weighted by Gasteiger charge is 2.12. The molecule has 0 aliphatic rings. The molecule has 2 aromatic carbocycles. The fourth-order valence-electron chi connectivity index (χ4n) is 2.18. The molecule has 1 atom stereocenters. The second-order valence-electron chi connectivity index (χ2n) is 4.73. The van der Waals surface area contributed by atoms with Crippen LogP contribution in [0.5, 0.6) is 0 Å². The summed E-state index contributed by atoms with van der Waals surface area (Å²) in [6.45, 7) is 0.539. The quantitative estimate of drug-likeness (QED) is 0.883. The van der Waals surface area contributed by atoms with Gasteiger partial charge in [0, 0.05) is 5.02 Å². The molecule has 0 saturated heterocycles. The van der Waals surface area contributed by atoms with Gasteiger partial charge in [0.05, 0.1) is 0 Å². The van der Waals surface area contributed by atoms with Crippen LogP contribution in [0.2, 0.25) is 5.02 Å². The standard InChI is InChI=1S/C16H17ClFN/c17-15-7-6-14(16(18)10-15)9-13(11-19)8-12-4-2-1-3-5-12/h1-7,10,13H,8-9,11,19H2. The number of halogens is 2. The van der Waals surface area contributed by atoms with E-state index in [1.54, 1.807) is 12.1 Å². The van der Waals surface area contributed by atoms with E-state index >= 15 is 0 Å². The first-order chi connectivity index (χ1) is 9.19. The second-order valence-corrected chi connectivity index (χ2v) is 5.17. The van der Waals surface area contributed by atoms with Gasteiger partial charge in [0.25, 0.3) is 0 Å². The van der Waals surface area contributed by atoms with Crippen molar-refractivity contribution in [1.29, 1.82) is 0 Å². The van der Waals surface area contributed by atoms with Gasteiger partial charge in [0.15, 0.2) is 0 Å². The fraction of sp³-hybridized carbons (Fsp3) is 0.250. The predicted molar refractivity (Wildman–Crippen MR) is 77.8 cm³/mol. The number of benzene rings is 2. The molecule has 0 bridgehead atoms. The summed E-state index contributed by atoms with van der Waals surface area (Å²) in [5, 5.41) is 0.425. The van der Waals surface area contributed by atoms with Gasteiger partial charge in [-0.1, -0.05) is 48.0 Å². The Morgan fingerprint density at radius 3 is 2.42 bits per heavy atom. The van der Waals surface area contributed by atoms with Gasteiger partial charge in [-0.05, 0) is 48.6 Å². The van der Waals surface area contributed by atoms with Crippen LogP contribution in [0, 0.1) is 11.7 Å². The first kappa shape index (κ1) is 14.0. The monoisotopic (exact) mass is 277 g/mol. The van der Waals surface area contributed by atoms with Crippen molar-refractivity contribution in [3.05, 3.63) is 70.5 Å². The average Bonchev–Trinajstić information content (AvgIpc) is 2.42. The molecule has 1 nitrogen and oxygen atoms in total. The van der Waals surface area contributed by atoms with Gasteiger partial charge < -0.3 is 5.73 Å². The van der Waals surface area contributed by atoms with Crippen molar-refractivity contribution in [3.8, 4) is 0 Å². The molecule has 100 valence electrons. The molecule has 0 heterocycles. The third-order valence-corrected chi connectivity index (χ3v) is 3.46. The maximum Gasteiger partial charge on any atom is 0.127 e. The zero-order valence-corrected chi connectivity index (χ0v) is 11.4. The van der Waals surface area contributed by atoms with Gasteiger partial charge in [-0.3, -0.25) is 0 Å². The van der Waals surface area contributed by atoms with Crippen LogP contribution in [0.3, 0.4) is 0 Å². The van der Waals surface area contributed by atoms with Crippen molar-refractivity contribution in [2.75, 3.05) is 6.54 Å². The molecule has 3 heteroatoms. The summed E-state index contributed by atoms with van der Waals surface area (Å²) in [5.74, 6) is -0.0166. The van der Waals surface area contributed by atoms with Crippen LogP contribution in [0.15, 0.2) is 48.5 Å². The van der Waals surface area contributed by atoms with Crippen LogP contribution in [0.25, 0.3) is 0 Å². The minimum absolute atomic E-state index is 0.234. The molecule has 1 unspecified atom stereocenters. The highest BCUT2D eigenvalue weighted by Crippen LogP contribution is 2.19. The van der Waals surface area contributed by atoms with E-state index in [0.29, 0.717) is 23.6 Å².